The van der Waals surface area contributed by atoms with E-state index in [1.165, 1.54) is 5.56 Å². The Labute approximate surface area is 150 Å². The van der Waals surface area contributed by atoms with Crippen molar-refractivity contribution in [3.8, 4) is 0 Å². The second-order valence-electron chi connectivity index (χ2n) is 7.45. The highest BCUT2D eigenvalue weighted by atomic mass is 16.4. The maximum atomic E-state index is 12.4. The van der Waals surface area contributed by atoms with Crippen LogP contribution in [-0.2, 0) is 16.1 Å². The molecule has 0 saturated carbocycles. The molecule has 25 heavy (non-hydrogen) atoms. The zero-order valence-corrected chi connectivity index (χ0v) is 15.3. The predicted molar refractivity (Wildman–Crippen MR) is 98.0 cm³/mol. The molecule has 0 bridgehead atoms. The van der Waals surface area contributed by atoms with E-state index in [2.05, 4.69) is 22.3 Å². The first-order valence-electron chi connectivity index (χ1n) is 9.22. The van der Waals surface area contributed by atoms with E-state index in [1.807, 2.05) is 32.0 Å². The van der Waals surface area contributed by atoms with Gasteiger partial charge in [-0.3, -0.25) is 14.5 Å². The highest BCUT2D eigenvalue weighted by molar-refractivity contribution is 5.79. The Bertz CT molecular complexity index is 551. The number of hydrogen-bond donors (Lipinski definition) is 2. The fourth-order valence-corrected chi connectivity index (χ4v) is 3.40. The summed E-state index contributed by atoms with van der Waals surface area (Å²) in [4.78, 5) is 26.0. The van der Waals surface area contributed by atoms with Crippen LogP contribution in [0.3, 0.4) is 0 Å². The molecule has 1 aromatic carbocycles. The molecule has 138 valence electrons. The van der Waals surface area contributed by atoms with Crippen LogP contribution < -0.4 is 5.32 Å². The van der Waals surface area contributed by atoms with E-state index in [0.717, 1.165) is 32.5 Å². The molecule has 1 amide bonds. The van der Waals surface area contributed by atoms with E-state index in [-0.39, 0.29) is 18.4 Å². The summed E-state index contributed by atoms with van der Waals surface area (Å²) < 4.78 is 0. The summed E-state index contributed by atoms with van der Waals surface area (Å²) in [6, 6.07) is 10.4. The second-order valence-corrected chi connectivity index (χ2v) is 7.45. The molecular formula is C20H30N2O3. The van der Waals surface area contributed by atoms with E-state index >= 15 is 0 Å². The van der Waals surface area contributed by atoms with Crippen LogP contribution >= 0.6 is 0 Å². The average molecular weight is 346 g/mol. The number of nitrogens with one attached hydrogen (secondary N) is 1. The molecule has 2 rings (SSSR count). The van der Waals surface area contributed by atoms with E-state index < -0.39 is 11.9 Å². The number of rotatable bonds is 8. The Balaban J connectivity index is 1.74. The van der Waals surface area contributed by atoms with Gasteiger partial charge in [-0.15, -0.1) is 0 Å². The van der Waals surface area contributed by atoms with Crippen molar-refractivity contribution in [3.05, 3.63) is 35.9 Å². The van der Waals surface area contributed by atoms with E-state index in [4.69, 9.17) is 0 Å². The number of carbonyl (C=O) groups is 2. The van der Waals surface area contributed by atoms with Crippen molar-refractivity contribution in [2.75, 3.05) is 19.6 Å². The van der Waals surface area contributed by atoms with Gasteiger partial charge in [-0.05, 0) is 43.8 Å². The lowest BCUT2D eigenvalue weighted by molar-refractivity contribution is -0.142. The minimum Gasteiger partial charge on any atom is -0.481 e. The third-order valence-electron chi connectivity index (χ3n) is 4.84. The Hall–Kier alpha value is -1.88. The molecule has 0 spiro atoms. The highest BCUT2D eigenvalue weighted by Gasteiger charge is 2.26. The van der Waals surface area contributed by atoms with Crippen LogP contribution in [0.25, 0.3) is 0 Å². The standard InChI is InChI=1S/C20H30N2O3/c1-15(2)12-18(20(24)25)13-21-19(23)17-8-10-22(11-9-17)14-16-6-4-3-5-7-16/h3-7,15,17-18H,8-14H2,1-2H3,(H,21,23)(H,24,25). The SMILES string of the molecule is CC(C)CC(CNC(=O)C1CCN(Cc2ccccc2)CC1)C(=O)O. The molecule has 1 heterocycles. The normalized spacial score (nSPS) is 17.4. The summed E-state index contributed by atoms with van der Waals surface area (Å²) in [6.45, 7) is 6.96. The van der Waals surface area contributed by atoms with Crippen molar-refractivity contribution in [1.82, 2.24) is 10.2 Å². The van der Waals surface area contributed by atoms with Gasteiger partial charge in [0.05, 0.1) is 5.92 Å². The van der Waals surface area contributed by atoms with Crippen molar-refractivity contribution < 1.29 is 14.7 Å². The number of hydrogen-bond acceptors (Lipinski definition) is 3. The van der Waals surface area contributed by atoms with Crippen LogP contribution in [0.2, 0.25) is 0 Å². The van der Waals surface area contributed by atoms with Crippen molar-refractivity contribution in [2.24, 2.45) is 17.8 Å². The van der Waals surface area contributed by atoms with Crippen LogP contribution in [0.1, 0.15) is 38.7 Å². The molecule has 1 saturated heterocycles. The summed E-state index contributed by atoms with van der Waals surface area (Å²) in [6.07, 6.45) is 2.26. The molecular weight excluding hydrogens is 316 g/mol. The Morgan fingerprint density at radius 3 is 2.40 bits per heavy atom. The third kappa shape index (κ3) is 6.50. The van der Waals surface area contributed by atoms with Gasteiger partial charge in [0, 0.05) is 19.0 Å². The fourth-order valence-electron chi connectivity index (χ4n) is 3.40. The maximum Gasteiger partial charge on any atom is 0.308 e. The highest BCUT2D eigenvalue weighted by Crippen LogP contribution is 2.19. The number of aliphatic carboxylic acids is 1. The lowest BCUT2D eigenvalue weighted by atomic mass is 9.94. The number of carboxylic acids is 1. The number of likely N-dealkylation sites (tertiary alicyclic amines) is 1. The molecule has 5 nitrogen and oxygen atoms in total. The number of carbonyl (C=O) groups excluding carboxylic acids is 1. The van der Waals surface area contributed by atoms with Gasteiger partial charge in [-0.1, -0.05) is 44.2 Å². The third-order valence-corrected chi connectivity index (χ3v) is 4.84. The summed E-state index contributed by atoms with van der Waals surface area (Å²) in [5.41, 5.74) is 1.29. The van der Waals surface area contributed by atoms with Gasteiger partial charge in [0.25, 0.3) is 0 Å². The van der Waals surface area contributed by atoms with Gasteiger partial charge in [0.2, 0.25) is 5.91 Å². The smallest absolute Gasteiger partial charge is 0.308 e. The summed E-state index contributed by atoms with van der Waals surface area (Å²) in [7, 11) is 0. The number of carboxylic acid groups (broad SMARTS) is 1. The second kappa shape index (κ2) is 9.56. The van der Waals surface area contributed by atoms with Crippen LogP contribution in [0.5, 0.6) is 0 Å². The molecule has 5 heteroatoms. The van der Waals surface area contributed by atoms with E-state index in [9.17, 15) is 14.7 Å². The molecule has 0 aromatic heterocycles. The van der Waals surface area contributed by atoms with Crippen LogP contribution in [-0.4, -0.2) is 41.5 Å². The largest absolute Gasteiger partial charge is 0.481 e. The summed E-state index contributed by atoms with van der Waals surface area (Å²) in [5.74, 6) is -1.01. The molecule has 0 radical (unpaired) electrons. The van der Waals surface area contributed by atoms with Crippen molar-refractivity contribution in [2.45, 2.75) is 39.7 Å². The molecule has 1 atom stereocenters. The summed E-state index contributed by atoms with van der Waals surface area (Å²) >= 11 is 0. The van der Waals surface area contributed by atoms with E-state index in [1.54, 1.807) is 0 Å². The monoisotopic (exact) mass is 346 g/mol. The summed E-state index contributed by atoms with van der Waals surface area (Å²) in [5, 5.41) is 12.1. The molecule has 1 aliphatic rings. The maximum absolute atomic E-state index is 12.4. The molecule has 0 aliphatic carbocycles. The first kappa shape index (κ1) is 19.4. The van der Waals surface area contributed by atoms with Gasteiger partial charge in [0.1, 0.15) is 0 Å². The number of piperidine rings is 1. The van der Waals surface area contributed by atoms with Crippen molar-refractivity contribution in [3.63, 3.8) is 0 Å². The first-order valence-corrected chi connectivity index (χ1v) is 9.22. The van der Waals surface area contributed by atoms with Crippen molar-refractivity contribution in [1.29, 1.82) is 0 Å². The van der Waals surface area contributed by atoms with E-state index in [0.29, 0.717) is 12.3 Å². The Morgan fingerprint density at radius 2 is 1.84 bits per heavy atom. The molecule has 1 aliphatic heterocycles. The van der Waals surface area contributed by atoms with Crippen LogP contribution in [0.15, 0.2) is 30.3 Å². The molecule has 1 fully saturated rings. The van der Waals surface area contributed by atoms with Gasteiger partial charge in [-0.2, -0.15) is 0 Å². The Kier molecular flexibility index (Phi) is 7.44. The first-order chi connectivity index (χ1) is 12.0. The number of amides is 1. The van der Waals surface area contributed by atoms with Crippen molar-refractivity contribution >= 4 is 11.9 Å². The minimum atomic E-state index is -0.827. The zero-order valence-electron chi connectivity index (χ0n) is 15.3. The lowest BCUT2D eigenvalue weighted by Crippen LogP contribution is -2.42. The molecule has 1 unspecified atom stereocenters. The number of nitrogens with zero attached hydrogens (tertiary/aromatic N) is 1. The predicted octanol–water partition coefficient (Wildman–Crippen LogP) is 2.76. The minimum absolute atomic E-state index is 0.000480. The fraction of sp³-hybridized carbons (Fsp3) is 0.600. The average Bonchev–Trinajstić information content (AvgIpc) is 2.59. The van der Waals surface area contributed by atoms with Gasteiger partial charge < -0.3 is 10.4 Å². The van der Waals surface area contributed by atoms with Gasteiger partial charge in [-0.25, -0.2) is 0 Å². The van der Waals surface area contributed by atoms with Crippen LogP contribution in [0.4, 0.5) is 0 Å². The zero-order chi connectivity index (χ0) is 18.2. The number of benzene rings is 1. The lowest BCUT2D eigenvalue weighted by Gasteiger charge is -2.31. The van der Waals surface area contributed by atoms with Crippen LogP contribution in [0, 0.1) is 17.8 Å². The van der Waals surface area contributed by atoms with Gasteiger partial charge in [0.15, 0.2) is 0 Å². The molecule has 1 aromatic rings. The topological polar surface area (TPSA) is 69.6 Å². The van der Waals surface area contributed by atoms with Gasteiger partial charge >= 0.3 is 5.97 Å². The Morgan fingerprint density at radius 1 is 1.20 bits per heavy atom. The quantitative estimate of drug-likeness (QED) is 0.759. The molecule has 2 N–H and O–H groups in total.